The number of rotatable bonds is 21. The summed E-state index contributed by atoms with van der Waals surface area (Å²) in [6.07, 6.45) is -3.75. The van der Waals surface area contributed by atoms with Crippen LogP contribution < -0.4 is 16.0 Å². The third kappa shape index (κ3) is 18.9. The number of benzene rings is 4. The van der Waals surface area contributed by atoms with Crippen molar-refractivity contribution < 1.29 is 56.4 Å². The third-order valence-corrected chi connectivity index (χ3v) is 13.0. The molecule has 0 radical (unpaired) electrons. The third-order valence-electron chi connectivity index (χ3n) is 12.4. The quantitative estimate of drug-likeness (QED) is 0.0271. The van der Waals surface area contributed by atoms with E-state index in [4.69, 9.17) is 23.2 Å². The van der Waals surface area contributed by atoms with Gasteiger partial charge >= 0.3 is 12.4 Å². The van der Waals surface area contributed by atoms with E-state index < -0.39 is 59.2 Å². The molecule has 4 aromatic carbocycles. The number of anilines is 1. The number of amides is 2. The Hall–Kier alpha value is -6.29. The molecule has 2 heterocycles. The van der Waals surface area contributed by atoms with Crippen molar-refractivity contribution in [3.8, 4) is 22.5 Å². The molecule has 0 aliphatic rings. The van der Waals surface area contributed by atoms with Crippen molar-refractivity contribution >= 4 is 52.1 Å². The average Bonchev–Trinajstić information content (AvgIpc) is 4.02. The molecule has 80 heavy (non-hydrogen) atoms. The summed E-state index contributed by atoms with van der Waals surface area (Å²) in [6, 6.07) is 20.6. The van der Waals surface area contributed by atoms with Gasteiger partial charge in [-0.2, -0.15) is 26.3 Å². The highest BCUT2D eigenvalue weighted by Crippen LogP contribution is 2.32. The van der Waals surface area contributed by atoms with Gasteiger partial charge in [-0.05, 0) is 129 Å². The average molecular weight is 1160 g/mol. The van der Waals surface area contributed by atoms with Crippen molar-refractivity contribution in [3.05, 3.63) is 141 Å². The number of carbonyl (C=O) groups excluding carboxylic acids is 2. The van der Waals surface area contributed by atoms with Crippen LogP contribution in [0.4, 0.5) is 37.7 Å². The van der Waals surface area contributed by atoms with Crippen LogP contribution in [0.25, 0.3) is 22.5 Å². The largest absolute Gasteiger partial charge is 0.429 e. The second-order valence-electron chi connectivity index (χ2n) is 19.7. The van der Waals surface area contributed by atoms with Crippen molar-refractivity contribution in [2.75, 3.05) is 18.5 Å². The molecule has 0 bridgehead atoms. The fourth-order valence-electron chi connectivity index (χ4n) is 8.13. The Morgan fingerprint density at radius 3 is 1.38 bits per heavy atom. The van der Waals surface area contributed by atoms with Crippen LogP contribution in [0.5, 0.6) is 0 Å². The lowest BCUT2D eigenvalue weighted by molar-refractivity contribution is -0.138. The Bertz CT molecular complexity index is 3000. The number of carbonyl (C=O) groups is 2. The molecule has 0 fully saturated rings. The maximum absolute atomic E-state index is 12.9. The monoisotopic (exact) mass is 1160 g/mol. The van der Waals surface area contributed by atoms with Crippen LogP contribution in [0.2, 0.25) is 10.0 Å². The van der Waals surface area contributed by atoms with Gasteiger partial charge in [0.25, 0.3) is 11.8 Å². The number of aliphatic hydroxyl groups is 4. The highest BCUT2D eigenvalue weighted by Gasteiger charge is 2.36. The minimum Gasteiger partial charge on any atom is -0.396 e. The lowest BCUT2D eigenvalue weighted by atomic mass is 10.0. The zero-order valence-corrected chi connectivity index (χ0v) is 46.0. The number of nitrogens with zero attached hydrogens (tertiary/aromatic N) is 5. The molecular formula is C58H74Cl2F6N8O6. The van der Waals surface area contributed by atoms with Gasteiger partial charge in [0.15, 0.2) is 0 Å². The topological polar surface area (TPSA) is 199 Å². The number of aryl methyl sites for hydroxylation is 2. The Morgan fingerprint density at radius 1 is 0.650 bits per heavy atom. The van der Waals surface area contributed by atoms with Crippen molar-refractivity contribution in [1.82, 2.24) is 29.7 Å². The van der Waals surface area contributed by atoms with Crippen LogP contribution in [0, 0.1) is 0 Å². The van der Waals surface area contributed by atoms with Gasteiger partial charge in [-0.1, -0.05) is 86.6 Å². The van der Waals surface area contributed by atoms with E-state index >= 15 is 0 Å². The molecular weight excluding hydrogens is 1090 g/mol. The van der Waals surface area contributed by atoms with E-state index in [2.05, 4.69) is 30.9 Å². The van der Waals surface area contributed by atoms with E-state index in [1.54, 1.807) is 27.7 Å². The zero-order valence-electron chi connectivity index (χ0n) is 44.5. The van der Waals surface area contributed by atoms with Crippen LogP contribution in [0.1, 0.15) is 127 Å². The summed E-state index contributed by atoms with van der Waals surface area (Å²) < 4.78 is 80.7. The number of aliphatic imine (C=N–C) groups is 1. The van der Waals surface area contributed by atoms with E-state index in [0.717, 1.165) is 47.5 Å². The van der Waals surface area contributed by atoms with E-state index in [9.17, 15) is 56.4 Å². The van der Waals surface area contributed by atoms with Gasteiger partial charge in [0.05, 0.1) is 32.8 Å². The Morgan fingerprint density at radius 2 is 1.05 bits per heavy atom. The van der Waals surface area contributed by atoms with Gasteiger partial charge in [-0.3, -0.25) is 9.59 Å². The first-order chi connectivity index (χ1) is 36.4. The molecule has 0 saturated carbocycles. The number of hydrogen-bond acceptors (Lipinski definition) is 10. The number of hydrogen-bond donors (Lipinski definition) is 7. The molecule has 2 aromatic heterocycles. The number of halogens is 8. The summed E-state index contributed by atoms with van der Waals surface area (Å²) >= 11 is 12.2. The van der Waals surface area contributed by atoms with Gasteiger partial charge in [-0.15, -0.1) is 0 Å². The van der Waals surface area contributed by atoms with E-state index in [0.29, 0.717) is 50.4 Å². The highest BCUT2D eigenvalue weighted by molar-refractivity contribution is 6.34. The van der Waals surface area contributed by atoms with Gasteiger partial charge in [0.2, 0.25) is 0 Å². The fraction of sp³-hybridized carbons (Fsp3) is 0.431. The first-order valence-corrected chi connectivity index (χ1v) is 25.9. The predicted molar refractivity (Wildman–Crippen MR) is 305 cm³/mol. The van der Waals surface area contributed by atoms with Crippen molar-refractivity contribution in [1.29, 1.82) is 0 Å². The molecule has 0 aliphatic carbocycles. The van der Waals surface area contributed by atoms with E-state index in [-0.39, 0.29) is 60.6 Å². The molecule has 2 amide bonds. The van der Waals surface area contributed by atoms with Crippen LogP contribution in [-0.2, 0) is 37.1 Å². The lowest BCUT2D eigenvalue weighted by Crippen LogP contribution is -2.37. The number of aliphatic hydroxyl groups excluding tert-OH is 2. The molecule has 6 aromatic rings. The van der Waals surface area contributed by atoms with Crippen LogP contribution in [-0.4, -0.2) is 101 Å². The van der Waals surface area contributed by atoms with E-state index in [1.165, 1.54) is 36.4 Å². The number of imidazole rings is 2. The fourth-order valence-corrected chi connectivity index (χ4v) is 8.59. The van der Waals surface area contributed by atoms with Gasteiger partial charge in [-0.25, -0.2) is 15.0 Å². The minimum atomic E-state index is -4.58. The van der Waals surface area contributed by atoms with Crippen molar-refractivity contribution in [3.63, 3.8) is 0 Å². The minimum absolute atomic E-state index is 0. The summed E-state index contributed by atoms with van der Waals surface area (Å²) in [5.74, 6) is 0.227. The summed E-state index contributed by atoms with van der Waals surface area (Å²) in [7, 11) is 0. The first kappa shape index (κ1) is 68.0. The van der Waals surface area contributed by atoms with Gasteiger partial charge in [0, 0.05) is 73.0 Å². The predicted octanol–water partition coefficient (Wildman–Crippen LogP) is 12.6. The maximum atomic E-state index is 12.9. The first-order valence-electron chi connectivity index (χ1n) is 25.1. The lowest BCUT2D eigenvalue weighted by Gasteiger charge is -2.20. The van der Waals surface area contributed by atoms with Crippen LogP contribution in [0.15, 0.2) is 102 Å². The summed E-state index contributed by atoms with van der Waals surface area (Å²) in [5, 5.41) is 47.8. The number of aromatic nitrogens is 4. The molecule has 0 saturated heterocycles. The molecule has 0 aliphatic heterocycles. The van der Waals surface area contributed by atoms with Crippen LogP contribution in [0.3, 0.4) is 0 Å². The SMILES string of the molecule is C.C.CCn1cc(-c2ccc(C[C@@H](CCO)NC(=O)c3ccc(N=C(C)C(F)(F)F)c(Cl)c3)cc2)nc1C(C)(C)O.CCn1cc(-c2ccc(C[C@@H](CCO)NC(=O)c3ccc(NC(C)C(F)(F)F)c(Cl)c3)cc2)nc1C(C)(C)O. The summed E-state index contributed by atoms with van der Waals surface area (Å²) in [6.45, 7) is 13.6. The van der Waals surface area contributed by atoms with Crippen LogP contribution >= 0.6 is 23.2 Å². The van der Waals surface area contributed by atoms with E-state index in [1.807, 2.05) is 83.9 Å². The number of alkyl halides is 6. The summed E-state index contributed by atoms with van der Waals surface area (Å²) in [4.78, 5) is 38.4. The molecule has 14 nitrogen and oxygen atoms in total. The molecule has 0 spiro atoms. The Labute approximate surface area is 474 Å². The van der Waals surface area contributed by atoms with Crippen molar-refractivity contribution in [2.45, 2.75) is 151 Å². The molecule has 3 atom stereocenters. The number of nitrogens with one attached hydrogen (secondary N) is 3. The highest BCUT2D eigenvalue weighted by atomic mass is 35.5. The Balaban J connectivity index is 0.000000410. The molecule has 6 rings (SSSR count). The van der Waals surface area contributed by atoms with Gasteiger partial charge in [0.1, 0.15) is 34.6 Å². The van der Waals surface area contributed by atoms with Gasteiger partial charge < -0.3 is 45.5 Å². The summed E-state index contributed by atoms with van der Waals surface area (Å²) in [5.41, 5.74) is 2.19. The molecule has 7 N–H and O–H groups in total. The second kappa shape index (κ2) is 28.9. The zero-order chi connectivity index (χ0) is 57.9. The molecule has 1 unspecified atom stereocenters. The molecule has 438 valence electrons. The normalized spacial score (nSPS) is 13.2. The van der Waals surface area contributed by atoms with Crippen molar-refractivity contribution in [2.24, 2.45) is 4.99 Å². The maximum Gasteiger partial charge on any atom is 0.429 e. The standard InChI is InChI=1S/C28H34ClF3N4O3.C28H32ClF3N4O3.2CH4/c2*1-5-36-16-24(35-26(36)27(3,4)39)19-8-6-18(7-9-19)14-21(12-13-37)34-25(38)20-10-11-23(22(29)15-20)33-17(2)28(30,31)32;;/h6-11,15-17,21,33,37,39H,5,12-14H2,1-4H3,(H,34,38);6-11,15-16,21,37,39H,5,12-14H2,1-4H3,(H,34,38);2*1H4/t17?,21-;21-;;/m11../s1. The molecule has 22 heteroatoms. The second-order valence-corrected chi connectivity index (χ2v) is 20.5. The smallest absolute Gasteiger partial charge is 0.396 e. The Kier molecular flexibility index (Phi) is 24.6.